The van der Waals surface area contributed by atoms with Crippen molar-refractivity contribution in [1.29, 1.82) is 0 Å². The Bertz CT molecular complexity index is 845. The first-order valence-corrected chi connectivity index (χ1v) is 9.04. The van der Waals surface area contributed by atoms with Crippen LogP contribution in [0.2, 0.25) is 0 Å². The molecule has 0 radical (unpaired) electrons. The fourth-order valence-corrected chi connectivity index (χ4v) is 2.42. The largest absolute Gasteiger partial charge is 0.497 e. The number of amides is 1. The van der Waals surface area contributed by atoms with Crippen molar-refractivity contribution >= 4 is 18.0 Å². The molecule has 0 unspecified atom stereocenters. The summed E-state index contributed by atoms with van der Waals surface area (Å²) in [6, 6.07) is 12.6. The Hall–Kier alpha value is -3.48. The van der Waals surface area contributed by atoms with Crippen LogP contribution >= 0.6 is 0 Å². The van der Waals surface area contributed by atoms with Crippen molar-refractivity contribution < 1.29 is 28.5 Å². The van der Waals surface area contributed by atoms with Crippen LogP contribution in [0.1, 0.15) is 18.1 Å². The number of methoxy groups -OCH3 is 2. The van der Waals surface area contributed by atoms with E-state index in [2.05, 4.69) is 5.32 Å². The zero-order chi connectivity index (χ0) is 21.1. The maximum Gasteiger partial charge on any atom is 0.344 e. The van der Waals surface area contributed by atoms with E-state index < -0.39 is 11.9 Å². The molecule has 0 bridgehead atoms. The highest BCUT2D eigenvalue weighted by Gasteiger charge is 2.11. The molecule has 0 fully saturated rings. The van der Waals surface area contributed by atoms with Crippen molar-refractivity contribution in [1.82, 2.24) is 5.32 Å². The molecule has 0 saturated carbocycles. The summed E-state index contributed by atoms with van der Waals surface area (Å²) in [4.78, 5) is 23.7. The average molecular weight is 399 g/mol. The van der Waals surface area contributed by atoms with Crippen LogP contribution in [-0.2, 0) is 20.9 Å². The molecule has 2 rings (SSSR count). The van der Waals surface area contributed by atoms with E-state index in [1.54, 1.807) is 31.4 Å². The van der Waals surface area contributed by atoms with Crippen LogP contribution in [-0.4, -0.2) is 39.3 Å². The molecule has 7 heteroatoms. The van der Waals surface area contributed by atoms with Gasteiger partial charge in [-0.1, -0.05) is 30.4 Å². The standard InChI is InChI=1S/C22H25NO6/c1-4-5-16-8-11-19(20(12-16)27-3)28-15-22(25)29-14-21(24)23-13-17-6-9-18(26-2)10-7-17/h4-12H,13-15H2,1-3H3,(H,23,24)/b5-4+. The summed E-state index contributed by atoms with van der Waals surface area (Å²) in [6.45, 7) is 1.54. The van der Waals surface area contributed by atoms with Gasteiger partial charge in [0.05, 0.1) is 14.2 Å². The fourth-order valence-electron chi connectivity index (χ4n) is 2.42. The molecule has 154 valence electrons. The predicted molar refractivity (Wildman–Crippen MR) is 109 cm³/mol. The molecule has 0 aromatic heterocycles. The lowest BCUT2D eigenvalue weighted by atomic mass is 10.2. The Morgan fingerprint density at radius 3 is 2.38 bits per heavy atom. The summed E-state index contributed by atoms with van der Waals surface area (Å²) in [7, 11) is 3.11. The first kappa shape index (κ1) is 21.8. The van der Waals surface area contributed by atoms with Crippen molar-refractivity contribution in [3.05, 3.63) is 59.7 Å². The summed E-state index contributed by atoms with van der Waals surface area (Å²) in [6.07, 6.45) is 3.83. The molecule has 0 aliphatic carbocycles. The van der Waals surface area contributed by atoms with Gasteiger partial charge >= 0.3 is 5.97 Å². The SMILES string of the molecule is C/C=C/c1ccc(OCC(=O)OCC(=O)NCc2ccc(OC)cc2)c(OC)c1. The van der Waals surface area contributed by atoms with Crippen LogP contribution < -0.4 is 19.5 Å². The monoisotopic (exact) mass is 399 g/mol. The normalized spacial score (nSPS) is 10.4. The van der Waals surface area contributed by atoms with Crippen LogP contribution in [0.4, 0.5) is 0 Å². The van der Waals surface area contributed by atoms with Gasteiger partial charge in [-0.25, -0.2) is 4.79 Å². The molecule has 2 aromatic rings. The Balaban J connectivity index is 1.74. The van der Waals surface area contributed by atoms with Crippen molar-refractivity contribution in [3.63, 3.8) is 0 Å². The first-order chi connectivity index (χ1) is 14.0. The average Bonchev–Trinajstić information content (AvgIpc) is 2.75. The maximum atomic E-state index is 11.8. The molecule has 0 saturated heterocycles. The Morgan fingerprint density at radius 1 is 0.966 bits per heavy atom. The highest BCUT2D eigenvalue weighted by atomic mass is 16.6. The van der Waals surface area contributed by atoms with E-state index in [-0.39, 0.29) is 13.2 Å². The smallest absolute Gasteiger partial charge is 0.344 e. The van der Waals surface area contributed by atoms with Gasteiger partial charge in [-0.15, -0.1) is 0 Å². The number of nitrogens with one attached hydrogen (secondary N) is 1. The van der Waals surface area contributed by atoms with Gasteiger partial charge in [0.1, 0.15) is 5.75 Å². The zero-order valence-corrected chi connectivity index (χ0v) is 16.8. The van der Waals surface area contributed by atoms with Gasteiger partial charge in [0, 0.05) is 6.54 Å². The van der Waals surface area contributed by atoms with Crippen LogP contribution in [0.3, 0.4) is 0 Å². The van der Waals surface area contributed by atoms with Gasteiger partial charge in [-0.05, 0) is 42.3 Å². The van der Waals surface area contributed by atoms with E-state index in [0.717, 1.165) is 16.9 Å². The Kier molecular flexibility index (Phi) is 8.56. The number of hydrogen-bond acceptors (Lipinski definition) is 6. The van der Waals surface area contributed by atoms with Gasteiger partial charge in [0.15, 0.2) is 24.7 Å². The number of carbonyl (C=O) groups excluding carboxylic acids is 2. The molecule has 2 aromatic carbocycles. The molecule has 1 N–H and O–H groups in total. The topological polar surface area (TPSA) is 83.1 Å². The van der Waals surface area contributed by atoms with Gasteiger partial charge in [-0.2, -0.15) is 0 Å². The lowest BCUT2D eigenvalue weighted by Gasteiger charge is -2.11. The maximum absolute atomic E-state index is 11.8. The van der Waals surface area contributed by atoms with Crippen LogP contribution in [0.15, 0.2) is 48.5 Å². The lowest BCUT2D eigenvalue weighted by molar-refractivity contribution is -0.150. The molecule has 0 spiro atoms. The number of ether oxygens (including phenoxy) is 4. The molecule has 0 heterocycles. The highest BCUT2D eigenvalue weighted by molar-refractivity contribution is 5.80. The molecule has 0 aliphatic heterocycles. The van der Waals surface area contributed by atoms with Crippen LogP contribution in [0.25, 0.3) is 6.08 Å². The van der Waals surface area contributed by atoms with Crippen molar-refractivity contribution in [2.75, 3.05) is 27.4 Å². The van der Waals surface area contributed by atoms with Crippen molar-refractivity contribution in [2.24, 2.45) is 0 Å². The minimum atomic E-state index is -0.649. The molecular formula is C22H25NO6. The number of benzene rings is 2. The number of allylic oxidation sites excluding steroid dienone is 1. The molecule has 7 nitrogen and oxygen atoms in total. The second-order valence-corrected chi connectivity index (χ2v) is 5.98. The Labute approximate surface area is 170 Å². The third kappa shape index (κ3) is 7.21. The number of rotatable bonds is 10. The van der Waals surface area contributed by atoms with E-state index >= 15 is 0 Å². The van der Waals surface area contributed by atoms with Gasteiger partial charge in [0.2, 0.25) is 0 Å². The summed E-state index contributed by atoms with van der Waals surface area (Å²) in [5, 5.41) is 2.68. The van der Waals surface area contributed by atoms with E-state index in [1.807, 2.05) is 37.3 Å². The molecule has 1 amide bonds. The minimum Gasteiger partial charge on any atom is -0.497 e. The van der Waals surface area contributed by atoms with E-state index in [4.69, 9.17) is 18.9 Å². The highest BCUT2D eigenvalue weighted by Crippen LogP contribution is 2.28. The molecule has 0 atom stereocenters. The predicted octanol–water partition coefficient (Wildman–Crippen LogP) is 2.98. The van der Waals surface area contributed by atoms with Crippen molar-refractivity contribution in [3.8, 4) is 17.2 Å². The van der Waals surface area contributed by atoms with Crippen molar-refractivity contribution in [2.45, 2.75) is 13.5 Å². The zero-order valence-electron chi connectivity index (χ0n) is 16.8. The van der Waals surface area contributed by atoms with E-state index in [9.17, 15) is 9.59 Å². The summed E-state index contributed by atoms with van der Waals surface area (Å²) >= 11 is 0. The van der Waals surface area contributed by atoms with Crippen LogP contribution in [0, 0.1) is 0 Å². The number of carbonyl (C=O) groups is 2. The quantitative estimate of drug-likeness (QED) is 0.619. The Morgan fingerprint density at radius 2 is 1.72 bits per heavy atom. The molecule has 0 aliphatic rings. The van der Waals surface area contributed by atoms with Crippen LogP contribution in [0.5, 0.6) is 17.2 Å². The lowest BCUT2D eigenvalue weighted by Crippen LogP contribution is -2.29. The van der Waals surface area contributed by atoms with Gasteiger partial charge in [0.25, 0.3) is 5.91 Å². The third-order valence-electron chi connectivity index (χ3n) is 3.91. The summed E-state index contributed by atoms with van der Waals surface area (Å²) in [5.41, 5.74) is 1.86. The second-order valence-electron chi connectivity index (χ2n) is 5.98. The summed E-state index contributed by atoms with van der Waals surface area (Å²) in [5.74, 6) is 0.612. The third-order valence-corrected chi connectivity index (χ3v) is 3.91. The fraction of sp³-hybridized carbons (Fsp3) is 0.273. The van der Waals surface area contributed by atoms with Gasteiger partial charge < -0.3 is 24.3 Å². The second kappa shape index (κ2) is 11.4. The first-order valence-electron chi connectivity index (χ1n) is 9.04. The number of hydrogen-bond donors (Lipinski definition) is 1. The minimum absolute atomic E-state index is 0.326. The molecule has 29 heavy (non-hydrogen) atoms. The van der Waals surface area contributed by atoms with Gasteiger partial charge in [-0.3, -0.25) is 4.79 Å². The number of esters is 1. The summed E-state index contributed by atoms with van der Waals surface area (Å²) < 4.78 is 20.7. The molecular weight excluding hydrogens is 374 g/mol. The van der Waals surface area contributed by atoms with E-state index in [1.165, 1.54) is 7.11 Å². The van der Waals surface area contributed by atoms with E-state index in [0.29, 0.717) is 18.0 Å².